The van der Waals surface area contributed by atoms with Crippen molar-refractivity contribution in [1.29, 1.82) is 0 Å². The Morgan fingerprint density at radius 1 is 1.13 bits per heavy atom. The molecule has 0 unspecified atom stereocenters. The lowest BCUT2D eigenvalue weighted by molar-refractivity contribution is 0.0957. The van der Waals surface area contributed by atoms with Gasteiger partial charge in [-0.05, 0) is 43.2 Å². The number of aryl methyl sites for hydroxylation is 2. The number of pyridine rings is 1. The minimum Gasteiger partial charge on any atom is -0.365 e. The molecular weight excluding hydrogens is 399 g/mol. The van der Waals surface area contributed by atoms with Gasteiger partial charge in [0.05, 0.1) is 16.7 Å². The number of fused-ring (bicyclic) bond motifs is 1. The molecule has 0 radical (unpaired) electrons. The van der Waals surface area contributed by atoms with E-state index in [1.165, 1.54) is 7.05 Å². The van der Waals surface area contributed by atoms with Crippen molar-refractivity contribution in [1.82, 2.24) is 25.2 Å². The van der Waals surface area contributed by atoms with Crippen LogP contribution in [0.4, 0.5) is 10.1 Å². The minimum atomic E-state index is -0.633. The van der Waals surface area contributed by atoms with Crippen LogP contribution in [-0.4, -0.2) is 59.0 Å². The van der Waals surface area contributed by atoms with Crippen LogP contribution >= 0.6 is 0 Å². The number of hydrogen-bond acceptors (Lipinski definition) is 6. The lowest BCUT2D eigenvalue weighted by Gasteiger charge is -2.36. The smallest absolute Gasteiger partial charge is 0.269 e. The van der Waals surface area contributed by atoms with Gasteiger partial charge in [0.15, 0.2) is 0 Å². The van der Waals surface area contributed by atoms with E-state index >= 15 is 0 Å². The van der Waals surface area contributed by atoms with Crippen molar-refractivity contribution in [3.05, 3.63) is 63.1 Å². The van der Waals surface area contributed by atoms with Gasteiger partial charge in [-0.3, -0.25) is 14.5 Å². The molecule has 0 spiro atoms. The molecule has 2 N–H and O–H groups in total. The van der Waals surface area contributed by atoms with Crippen LogP contribution in [0.15, 0.2) is 29.1 Å². The van der Waals surface area contributed by atoms with Gasteiger partial charge in [-0.1, -0.05) is 6.07 Å². The standard InChI is InChI=1S/C22H25FN6O2/c1-13-15(4-5-16-19(13)27-21(30)14(2)25-16)12-28-8-10-29(11-9-28)18-7-6-17(22(31)24-3)26-20(18)23/h4-7H,8-12H2,1-3H3,(H,24,31)(H,27,30). The number of H-pyrrole nitrogens is 1. The Hall–Kier alpha value is -3.33. The van der Waals surface area contributed by atoms with Gasteiger partial charge in [0.1, 0.15) is 11.4 Å². The van der Waals surface area contributed by atoms with Crippen molar-refractivity contribution in [3.63, 3.8) is 0 Å². The second-order valence-electron chi connectivity index (χ2n) is 7.74. The highest BCUT2D eigenvalue weighted by Gasteiger charge is 2.22. The van der Waals surface area contributed by atoms with Gasteiger partial charge in [-0.2, -0.15) is 4.39 Å². The van der Waals surface area contributed by atoms with Crippen LogP contribution in [0.5, 0.6) is 0 Å². The lowest BCUT2D eigenvalue weighted by atomic mass is 10.1. The Balaban J connectivity index is 1.45. The molecule has 0 bridgehead atoms. The van der Waals surface area contributed by atoms with Gasteiger partial charge < -0.3 is 15.2 Å². The van der Waals surface area contributed by atoms with Crippen LogP contribution in [0.2, 0.25) is 0 Å². The monoisotopic (exact) mass is 424 g/mol. The van der Waals surface area contributed by atoms with Gasteiger partial charge in [0.2, 0.25) is 5.95 Å². The number of aromatic nitrogens is 3. The third-order valence-corrected chi connectivity index (χ3v) is 5.81. The van der Waals surface area contributed by atoms with E-state index in [1.54, 1.807) is 19.1 Å². The number of nitrogens with zero attached hydrogens (tertiary/aromatic N) is 4. The first-order chi connectivity index (χ1) is 14.9. The van der Waals surface area contributed by atoms with Crippen LogP contribution in [0.25, 0.3) is 11.0 Å². The molecule has 1 fully saturated rings. The highest BCUT2D eigenvalue weighted by Crippen LogP contribution is 2.23. The Bertz CT molecular complexity index is 1200. The second-order valence-corrected chi connectivity index (χ2v) is 7.74. The SMILES string of the molecule is CNC(=O)c1ccc(N2CCN(Cc3ccc4nc(C)c(=O)[nH]c4c3C)CC2)c(F)n1. The molecule has 1 saturated heterocycles. The van der Waals surface area contributed by atoms with Crippen molar-refractivity contribution < 1.29 is 9.18 Å². The number of carbonyl (C=O) groups is 1. The van der Waals surface area contributed by atoms with Crippen molar-refractivity contribution >= 4 is 22.6 Å². The molecular formula is C22H25FN6O2. The number of benzene rings is 1. The number of piperazine rings is 1. The average Bonchev–Trinajstić information content (AvgIpc) is 2.77. The zero-order valence-electron chi connectivity index (χ0n) is 17.8. The average molecular weight is 424 g/mol. The van der Waals surface area contributed by atoms with Gasteiger partial charge in [-0.25, -0.2) is 9.97 Å². The molecule has 8 nitrogen and oxygen atoms in total. The largest absolute Gasteiger partial charge is 0.365 e. The van der Waals surface area contributed by atoms with Crippen molar-refractivity contribution in [2.75, 3.05) is 38.1 Å². The number of aromatic amines is 1. The molecule has 0 atom stereocenters. The van der Waals surface area contributed by atoms with E-state index in [9.17, 15) is 14.0 Å². The van der Waals surface area contributed by atoms with Crippen LogP contribution in [0.1, 0.15) is 27.3 Å². The molecule has 0 aliphatic carbocycles. The highest BCUT2D eigenvalue weighted by atomic mass is 19.1. The number of nitrogens with one attached hydrogen (secondary N) is 2. The molecule has 0 saturated carbocycles. The minimum absolute atomic E-state index is 0.0666. The fraction of sp³-hybridized carbons (Fsp3) is 0.364. The normalized spacial score (nSPS) is 14.8. The molecule has 3 aromatic rings. The molecule has 31 heavy (non-hydrogen) atoms. The summed E-state index contributed by atoms with van der Waals surface area (Å²) in [4.78, 5) is 38.9. The Morgan fingerprint density at radius 2 is 1.87 bits per heavy atom. The predicted molar refractivity (Wildman–Crippen MR) is 117 cm³/mol. The van der Waals surface area contributed by atoms with Crippen LogP contribution in [0, 0.1) is 19.8 Å². The third kappa shape index (κ3) is 4.13. The van der Waals surface area contributed by atoms with Crippen LogP contribution in [-0.2, 0) is 6.54 Å². The summed E-state index contributed by atoms with van der Waals surface area (Å²) < 4.78 is 14.5. The maximum atomic E-state index is 14.5. The van der Waals surface area contributed by atoms with E-state index in [2.05, 4.69) is 31.2 Å². The zero-order valence-corrected chi connectivity index (χ0v) is 17.8. The van der Waals surface area contributed by atoms with E-state index in [0.717, 1.165) is 41.8 Å². The summed E-state index contributed by atoms with van der Waals surface area (Å²) in [6, 6.07) is 7.14. The lowest BCUT2D eigenvalue weighted by Crippen LogP contribution is -2.46. The summed E-state index contributed by atoms with van der Waals surface area (Å²) in [6.07, 6.45) is 0. The summed E-state index contributed by atoms with van der Waals surface area (Å²) in [6.45, 7) is 7.26. The molecule has 162 valence electrons. The quantitative estimate of drug-likeness (QED) is 0.620. The first-order valence-corrected chi connectivity index (χ1v) is 10.2. The number of hydrogen-bond donors (Lipinski definition) is 2. The highest BCUT2D eigenvalue weighted by molar-refractivity contribution is 5.92. The van der Waals surface area contributed by atoms with Crippen molar-refractivity contribution in [2.24, 2.45) is 0 Å². The summed E-state index contributed by atoms with van der Waals surface area (Å²) in [5.41, 5.74) is 4.47. The van der Waals surface area contributed by atoms with Crippen molar-refractivity contribution in [3.8, 4) is 0 Å². The molecule has 9 heteroatoms. The molecule has 4 rings (SSSR count). The predicted octanol–water partition coefficient (Wildman–Crippen LogP) is 1.76. The molecule has 1 amide bonds. The number of amides is 1. The molecule has 2 aromatic heterocycles. The third-order valence-electron chi connectivity index (χ3n) is 5.81. The fourth-order valence-electron chi connectivity index (χ4n) is 3.90. The van der Waals surface area contributed by atoms with E-state index in [4.69, 9.17) is 0 Å². The number of rotatable bonds is 4. The summed E-state index contributed by atoms with van der Waals surface area (Å²) >= 11 is 0. The summed E-state index contributed by atoms with van der Waals surface area (Å²) in [5, 5.41) is 2.45. The van der Waals surface area contributed by atoms with Gasteiger partial charge in [-0.15, -0.1) is 0 Å². The van der Waals surface area contributed by atoms with E-state index in [-0.39, 0.29) is 11.3 Å². The first kappa shape index (κ1) is 20.9. The molecule has 1 aromatic carbocycles. The number of carbonyl (C=O) groups excluding carboxylic acids is 1. The first-order valence-electron chi connectivity index (χ1n) is 10.2. The summed E-state index contributed by atoms with van der Waals surface area (Å²) in [7, 11) is 1.49. The Labute approximate surface area is 179 Å². The number of halogens is 1. The van der Waals surface area contributed by atoms with Gasteiger partial charge in [0.25, 0.3) is 11.5 Å². The fourth-order valence-corrected chi connectivity index (χ4v) is 3.90. The molecule has 1 aliphatic heterocycles. The van der Waals surface area contributed by atoms with E-state index in [0.29, 0.717) is 24.5 Å². The summed E-state index contributed by atoms with van der Waals surface area (Å²) in [5.74, 6) is -1.04. The number of anilines is 1. The van der Waals surface area contributed by atoms with E-state index < -0.39 is 11.9 Å². The maximum absolute atomic E-state index is 14.5. The van der Waals surface area contributed by atoms with Crippen molar-refractivity contribution in [2.45, 2.75) is 20.4 Å². The Kier molecular flexibility index (Phi) is 5.69. The topological polar surface area (TPSA) is 94.2 Å². The van der Waals surface area contributed by atoms with Gasteiger partial charge >= 0.3 is 0 Å². The second kappa shape index (κ2) is 8.43. The van der Waals surface area contributed by atoms with Crippen LogP contribution < -0.4 is 15.8 Å². The Morgan fingerprint density at radius 3 is 2.55 bits per heavy atom. The molecule has 3 heterocycles. The van der Waals surface area contributed by atoms with Gasteiger partial charge in [0, 0.05) is 39.8 Å². The molecule has 1 aliphatic rings. The van der Waals surface area contributed by atoms with E-state index in [1.807, 2.05) is 17.9 Å². The maximum Gasteiger partial charge on any atom is 0.269 e. The zero-order chi connectivity index (χ0) is 22.1. The van der Waals surface area contributed by atoms with Crippen LogP contribution in [0.3, 0.4) is 0 Å².